The van der Waals surface area contributed by atoms with E-state index < -0.39 is 32.0 Å². The standard InChI is InChI=1S/C25H28N2O5S2/c1-19-17-21(26-24(28)25(2,3)4)16-15-20(19)18-27(33(29,30)22-11-7-5-8-12-22)34(31,32)23-13-9-6-10-14-23/h5-17H,18H2,1-4H3,(H,26,28). The highest BCUT2D eigenvalue weighted by Gasteiger charge is 2.37. The van der Waals surface area contributed by atoms with Gasteiger partial charge in [-0.1, -0.05) is 66.9 Å². The zero-order valence-corrected chi connectivity index (χ0v) is 21.2. The molecule has 3 rings (SSSR count). The van der Waals surface area contributed by atoms with Gasteiger partial charge in [0.2, 0.25) is 5.91 Å². The second-order valence-electron chi connectivity index (χ2n) is 8.91. The Balaban J connectivity index is 2.04. The Hall–Kier alpha value is -3.01. The summed E-state index contributed by atoms with van der Waals surface area (Å²) >= 11 is 0. The number of rotatable bonds is 7. The summed E-state index contributed by atoms with van der Waals surface area (Å²) in [5, 5.41) is 2.83. The number of carbonyl (C=O) groups is 1. The van der Waals surface area contributed by atoms with Crippen LogP contribution < -0.4 is 5.32 Å². The fourth-order valence-electron chi connectivity index (χ4n) is 3.13. The van der Waals surface area contributed by atoms with Gasteiger partial charge in [-0.25, -0.2) is 16.8 Å². The predicted octanol–water partition coefficient (Wildman–Crippen LogP) is 4.56. The van der Waals surface area contributed by atoms with Crippen LogP contribution in [0.15, 0.2) is 88.7 Å². The van der Waals surface area contributed by atoms with Crippen molar-refractivity contribution in [3.8, 4) is 0 Å². The Morgan fingerprint density at radius 3 is 1.68 bits per heavy atom. The molecule has 0 fully saturated rings. The van der Waals surface area contributed by atoms with Crippen LogP contribution in [0.3, 0.4) is 0 Å². The highest BCUT2D eigenvalue weighted by molar-refractivity contribution is 8.04. The van der Waals surface area contributed by atoms with Crippen molar-refractivity contribution in [1.29, 1.82) is 0 Å². The predicted molar refractivity (Wildman–Crippen MR) is 132 cm³/mol. The van der Waals surface area contributed by atoms with Gasteiger partial charge >= 0.3 is 0 Å². The zero-order chi connectivity index (χ0) is 25.1. The van der Waals surface area contributed by atoms with E-state index in [1.165, 1.54) is 48.5 Å². The molecule has 0 atom stereocenters. The molecule has 0 aliphatic rings. The van der Waals surface area contributed by atoms with Gasteiger partial charge in [0.05, 0.1) is 16.3 Å². The number of anilines is 1. The molecule has 0 aliphatic heterocycles. The number of amides is 1. The van der Waals surface area contributed by atoms with E-state index in [1.807, 2.05) is 0 Å². The van der Waals surface area contributed by atoms with Crippen LogP contribution in [0.5, 0.6) is 0 Å². The summed E-state index contributed by atoms with van der Waals surface area (Å²) in [5.74, 6) is -0.167. The lowest BCUT2D eigenvalue weighted by Crippen LogP contribution is -2.36. The van der Waals surface area contributed by atoms with Crippen LogP contribution >= 0.6 is 0 Å². The average molecular weight is 501 g/mol. The molecule has 34 heavy (non-hydrogen) atoms. The van der Waals surface area contributed by atoms with E-state index >= 15 is 0 Å². The van der Waals surface area contributed by atoms with Gasteiger partial charge in [-0.3, -0.25) is 4.79 Å². The van der Waals surface area contributed by atoms with E-state index in [0.717, 1.165) is 0 Å². The second-order valence-corrected chi connectivity index (χ2v) is 12.9. The summed E-state index contributed by atoms with van der Waals surface area (Å²) < 4.78 is 54.5. The van der Waals surface area contributed by atoms with Gasteiger partial charge in [0.25, 0.3) is 20.0 Å². The highest BCUT2D eigenvalue weighted by atomic mass is 32.3. The molecule has 1 amide bonds. The van der Waals surface area contributed by atoms with Crippen LogP contribution in [0.4, 0.5) is 5.69 Å². The van der Waals surface area contributed by atoms with Crippen LogP contribution in [-0.2, 0) is 31.4 Å². The third-order valence-corrected chi connectivity index (χ3v) is 9.44. The minimum Gasteiger partial charge on any atom is -0.326 e. The van der Waals surface area contributed by atoms with Gasteiger partial charge in [-0.05, 0) is 54.4 Å². The number of hydrogen-bond donors (Lipinski definition) is 1. The van der Waals surface area contributed by atoms with E-state index in [2.05, 4.69) is 5.32 Å². The molecule has 0 bridgehead atoms. The number of carbonyl (C=O) groups excluding carboxylic acids is 1. The molecule has 9 heteroatoms. The molecule has 1 N–H and O–H groups in total. The Kier molecular flexibility index (Phi) is 7.30. The van der Waals surface area contributed by atoms with Gasteiger partial charge in [-0.2, -0.15) is 0 Å². The van der Waals surface area contributed by atoms with Crippen LogP contribution in [0.25, 0.3) is 0 Å². The third-order valence-electron chi connectivity index (χ3n) is 5.20. The van der Waals surface area contributed by atoms with Crippen molar-refractivity contribution < 1.29 is 21.6 Å². The molecule has 0 spiro atoms. The minimum atomic E-state index is -4.39. The molecule has 0 saturated carbocycles. The lowest BCUT2D eigenvalue weighted by Gasteiger charge is -2.23. The van der Waals surface area contributed by atoms with Gasteiger partial charge < -0.3 is 5.32 Å². The molecular formula is C25H28N2O5S2. The van der Waals surface area contributed by atoms with E-state index in [-0.39, 0.29) is 15.7 Å². The molecule has 0 aromatic heterocycles. The van der Waals surface area contributed by atoms with E-state index in [1.54, 1.807) is 58.0 Å². The summed E-state index contributed by atoms with van der Waals surface area (Å²) in [6.07, 6.45) is 0. The molecule has 0 aliphatic carbocycles. The Labute approximate surface area is 201 Å². The lowest BCUT2D eigenvalue weighted by molar-refractivity contribution is -0.123. The van der Waals surface area contributed by atoms with Crippen LogP contribution in [0.2, 0.25) is 0 Å². The zero-order valence-electron chi connectivity index (χ0n) is 19.5. The van der Waals surface area contributed by atoms with Crippen molar-refractivity contribution >= 4 is 31.6 Å². The van der Waals surface area contributed by atoms with Gasteiger partial charge in [-0.15, -0.1) is 0 Å². The Bertz CT molecular complexity index is 1310. The summed E-state index contributed by atoms with van der Waals surface area (Å²) in [4.78, 5) is 12.1. The molecular weight excluding hydrogens is 472 g/mol. The maximum atomic E-state index is 13.5. The number of nitrogens with one attached hydrogen (secondary N) is 1. The molecule has 3 aromatic rings. The summed E-state index contributed by atoms with van der Waals surface area (Å²) in [6.45, 7) is 6.73. The highest BCUT2D eigenvalue weighted by Crippen LogP contribution is 2.28. The van der Waals surface area contributed by atoms with E-state index in [9.17, 15) is 21.6 Å². The lowest BCUT2D eigenvalue weighted by atomic mass is 9.95. The Morgan fingerprint density at radius 2 is 1.26 bits per heavy atom. The van der Waals surface area contributed by atoms with Crippen molar-refractivity contribution in [2.75, 3.05) is 5.32 Å². The van der Waals surface area contributed by atoms with E-state index in [0.29, 0.717) is 20.5 Å². The molecule has 180 valence electrons. The van der Waals surface area contributed by atoms with Gasteiger partial charge in [0, 0.05) is 11.1 Å². The fourth-order valence-corrected chi connectivity index (χ4v) is 6.77. The van der Waals surface area contributed by atoms with Crippen molar-refractivity contribution in [2.24, 2.45) is 5.41 Å². The molecule has 0 saturated heterocycles. The van der Waals surface area contributed by atoms with Gasteiger partial charge in [0.15, 0.2) is 0 Å². The number of sulfonamides is 2. The summed E-state index contributed by atoms with van der Waals surface area (Å²) in [7, 11) is -8.79. The van der Waals surface area contributed by atoms with E-state index in [4.69, 9.17) is 0 Å². The van der Waals surface area contributed by atoms with Crippen molar-refractivity contribution in [1.82, 2.24) is 3.71 Å². The first kappa shape index (κ1) is 25.6. The molecule has 0 unspecified atom stereocenters. The fraction of sp³-hybridized carbons (Fsp3) is 0.240. The summed E-state index contributed by atoms with van der Waals surface area (Å²) in [6, 6.07) is 19.9. The largest absolute Gasteiger partial charge is 0.326 e. The number of hydrogen-bond acceptors (Lipinski definition) is 5. The summed E-state index contributed by atoms with van der Waals surface area (Å²) in [5.41, 5.74) is 1.09. The quantitative estimate of drug-likeness (QED) is 0.513. The SMILES string of the molecule is Cc1cc(NC(=O)C(C)(C)C)ccc1CN(S(=O)(=O)c1ccccc1)S(=O)(=O)c1ccccc1. The maximum Gasteiger partial charge on any atom is 0.256 e. The third kappa shape index (κ3) is 5.55. The molecule has 3 aromatic carbocycles. The van der Waals surface area contributed by atoms with Gasteiger partial charge in [0.1, 0.15) is 0 Å². The Morgan fingerprint density at radius 1 is 0.794 bits per heavy atom. The first-order chi connectivity index (χ1) is 15.8. The first-order valence-electron chi connectivity index (χ1n) is 10.6. The monoisotopic (exact) mass is 500 g/mol. The maximum absolute atomic E-state index is 13.5. The minimum absolute atomic E-state index is 0.124. The average Bonchev–Trinajstić information content (AvgIpc) is 2.78. The molecule has 7 nitrogen and oxygen atoms in total. The number of benzene rings is 3. The number of nitrogens with zero attached hydrogens (tertiary/aromatic N) is 1. The number of aryl methyl sites for hydroxylation is 1. The van der Waals surface area contributed by atoms with Crippen molar-refractivity contribution in [2.45, 2.75) is 44.0 Å². The van der Waals surface area contributed by atoms with Crippen LogP contribution in [0.1, 0.15) is 31.9 Å². The smallest absolute Gasteiger partial charge is 0.256 e. The topological polar surface area (TPSA) is 101 Å². The first-order valence-corrected chi connectivity index (χ1v) is 13.5. The normalized spacial score (nSPS) is 12.5. The molecule has 0 heterocycles. The second kappa shape index (κ2) is 9.69. The van der Waals surface area contributed by atoms with Crippen molar-refractivity contribution in [3.63, 3.8) is 0 Å². The van der Waals surface area contributed by atoms with Crippen molar-refractivity contribution in [3.05, 3.63) is 90.0 Å². The van der Waals surface area contributed by atoms with Crippen LogP contribution in [-0.4, -0.2) is 26.5 Å². The van der Waals surface area contributed by atoms with Crippen LogP contribution in [0, 0.1) is 12.3 Å². The molecule has 0 radical (unpaired) electrons.